The maximum atomic E-state index is 12.6. The number of methoxy groups -OCH3 is 1. The second kappa shape index (κ2) is 8.75. The van der Waals surface area contributed by atoms with Gasteiger partial charge in [-0.25, -0.2) is 4.98 Å². The van der Waals surface area contributed by atoms with E-state index in [0.29, 0.717) is 16.8 Å². The summed E-state index contributed by atoms with van der Waals surface area (Å²) in [6, 6.07) is 9.83. The van der Waals surface area contributed by atoms with Crippen LogP contribution in [0.25, 0.3) is 10.2 Å². The van der Waals surface area contributed by atoms with Crippen LogP contribution in [-0.2, 0) is 11.3 Å². The van der Waals surface area contributed by atoms with Crippen molar-refractivity contribution in [2.45, 2.75) is 25.4 Å². The number of fused-ring (bicyclic) bond motifs is 1. The molecule has 8 heteroatoms. The van der Waals surface area contributed by atoms with Gasteiger partial charge in [-0.3, -0.25) is 19.1 Å². The highest BCUT2D eigenvalue weighted by Gasteiger charge is 2.24. The van der Waals surface area contributed by atoms with Gasteiger partial charge in [0, 0.05) is 6.54 Å². The van der Waals surface area contributed by atoms with E-state index < -0.39 is 0 Å². The van der Waals surface area contributed by atoms with Gasteiger partial charge in [-0.2, -0.15) is 0 Å². The van der Waals surface area contributed by atoms with Gasteiger partial charge in [-0.1, -0.05) is 12.1 Å². The number of hydrogen-bond donors (Lipinski definition) is 1. The van der Waals surface area contributed by atoms with Crippen molar-refractivity contribution in [3.05, 3.63) is 58.0 Å². The molecule has 0 aliphatic carbocycles. The lowest BCUT2D eigenvalue weighted by molar-refractivity contribution is -0.122. The summed E-state index contributed by atoms with van der Waals surface area (Å²) in [5, 5.41) is 5.39. The van der Waals surface area contributed by atoms with E-state index in [1.54, 1.807) is 13.2 Å². The van der Waals surface area contributed by atoms with Crippen molar-refractivity contribution in [1.29, 1.82) is 0 Å². The van der Waals surface area contributed by atoms with E-state index in [1.807, 2.05) is 29.6 Å². The van der Waals surface area contributed by atoms with Crippen LogP contribution in [0.3, 0.4) is 0 Å². The molecule has 1 aliphatic rings. The molecule has 7 nitrogen and oxygen atoms in total. The molecule has 0 spiro atoms. The van der Waals surface area contributed by atoms with E-state index >= 15 is 0 Å². The minimum absolute atomic E-state index is 0.0348. The molecule has 152 valence electrons. The van der Waals surface area contributed by atoms with Gasteiger partial charge < -0.3 is 10.1 Å². The smallest absolute Gasteiger partial charge is 0.262 e. The summed E-state index contributed by atoms with van der Waals surface area (Å²) in [4.78, 5) is 32.4. The molecule has 29 heavy (non-hydrogen) atoms. The molecule has 1 aromatic carbocycles. The summed E-state index contributed by atoms with van der Waals surface area (Å²) in [6.07, 6.45) is 3.78. The molecule has 1 fully saturated rings. The number of likely N-dealkylation sites (tertiary alicyclic amines) is 1. The van der Waals surface area contributed by atoms with Crippen LogP contribution in [0.2, 0.25) is 0 Å². The van der Waals surface area contributed by atoms with Crippen LogP contribution in [0.15, 0.2) is 46.8 Å². The Balaban J connectivity index is 1.45. The van der Waals surface area contributed by atoms with Gasteiger partial charge in [0.2, 0.25) is 5.91 Å². The number of benzene rings is 1. The monoisotopic (exact) mass is 412 g/mol. The number of ether oxygens (including phenoxy) is 1. The third-order valence-electron chi connectivity index (χ3n) is 5.34. The van der Waals surface area contributed by atoms with E-state index in [1.165, 1.54) is 35.1 Å². The zero-order valence-electron chi connectivity index (χ0n) is 16.3. The Morgan fingerprint density at radius 2 is 2.00 bits per heavy atom. The molecule has 1 aliphatic heterocycles. The number of nitrogens with one attached hydrogen (secondary N) is 1. The zero-order valence-corrected chi connectivity index (χ0v) is 17.2. The second-order valence-electron chi connectivity index (χ2n) is 7.15. The van der Waals surface area contributed by atoms with Crippen LogP contribution in [0.4, 0.5) is 0 Å². The fourth-order valence-corrected chi connectivity index (χ4v) is 4.49. The Morgan fingerprint density at radius 3 is 2.72 bits per heavy atom. The van der Waals surface area contributed by atoms with Crippen molar-refractivity contribution in [2.75, 3.05) is 26.7 Å². The number of rotatable bonds is 7. The molecule has 3 heterocycles. The van der Waals surface area contributed by atoms with E-state index in [0.717, 1.165) is 24.4 Å². The van der Waals surface area contributed by atoms with E-state index in [4.69, 9.17) is 4.74 Å². The molecular weight excluding hydrogens is 388 g/mol. The standard InChI is InChI=1S/C21H24N4O3S/c1-28-16-6-4-15(5-7-16)18(24-9-2-3-10-24)12-22-19(26)13-25-14-23-20-17(21(25)27)8-11-29-20/h4-8,11,14,18H,2-3,9-10,12-13H2,1H3,(H,22,26). The van der Waals surface area contributed by atoms with Crippen LogP contribution in [-0.4, -0.2) is 47.1 Å². The molecule has 1 unspecified atom stereocenters. The third-order valence-corrected chi connectivity index (χ3v) is 6.16. The average molecular weight is 413 g/mol. The normalized spacial score (nSPS) is 15.5. The highest BCUT2D eigenvalue weighted by atomic mass is 32.1. The fourth-order valence-electron chi connectivity index (χ4n) is 3.76. The molecule has 1 N–H and O–H groups in total. The molecular formula is C21H24N4O3S. The number of thiophene rings is 1. The fraction of sp³-hybridized carbons (Fsp3) is 0.381. The quantitative estimate of drug-likeness (QED) is 0.645. The lowest BCUT2D eigenvalue weighted by atomic mass is 10.1. The van der Waals surface area contributed by atoms with Gasteiger partial charge >= 0.3 is 0 Å². The summed E-state index contributed by atoms with van der Waals surface area (Å²) < 4.78 is 6.62. The number of carbonyl (C=O) groups is 1. The Bertz CT molecular complexity index is 1040. The molecule has 2 aromatic heterocycles. The predicted octanol–water partition coefficient (Wildman–Crippen LogP) is 2.42. The van der Waals surface area contributed by atoms with Crippen LogP contribution in [0.1, 0.15) is 24.4 Å². The van der Waals surface area contributed by atoms with Crippen molar-refractivity contribution in [1.82, 2.24) is 19.8 Å². The average Bonchev–Trinajstić information content (AvgIpc) is 3.43. The van der Waals surface area contributed by atoms with Gasteiger partial charge in [-0.15, -0.1) is 11.3 Å². The molecule has 0 bridgehead atoms. The molecule has 1 atom stereocenters. The van der Waals surface area contributed by atoms with Gasteiger partial charge in [0.15, 0.2) is 0 Å². The Hall–Kier alpha value is -2.71. The Kier molecular flexibility index (Phi) is 5.92. The first-order valence-corrected chi connectivity index (χ1v) is 10.6. The molecule has 0 radical (unpaired) electrons. The largest absolute Gasteiger partial charge is 0.497 e. The lowest BCUT2D eigenvalue weighted by Gasteiger charge is -2.28. The zero-order chi connectivity index (χ0) is 20.2. The number of carbonyl (C=O) groups excluding carboxylic acids is 1. The minimum Gasteiger partial charge on any atom is -0.497 e. The third kappa shape index (κ3) is 4.33. The molecule has 3 aromatic rings. The van der Waals surface area contributed by atoms with Gasteiger partial charge in [-0.05, 0) is 55.1 Å². The van der Waals surface area contributed by atoms with Crippen LogP contribution < -0.4 is 15.6 Å². The summed E-state index contributed by atoms with van der Waals surface area (Å²) in [6.45, 7) is 2.50. The SMILES string of the molecule is COc1ccc(C(CNC(=O)Cn2cnc3sccc3c2=O)N2CCCC2)cc1. The van der Waals surface area contributed by atoms with E-state index in [9.17, 15) is 9.59 Å². The Labute approximate surface area is 172 Å². The number of aromatic nitrogens is 2. The van der Waals surface area contributed by atoms with Crippen molar-refractivity contribution in [2.24, 2.45) is 0 Å². The predicted molar refractivity (Wildman–Crippen MR) is 113 cm³/mol. The molecule has 4 rings (SSSR count). The van der Waals surface area contributed by atoms with Crippen molar-refractivity contribution in [3.63, 3.8) is 0 Å². The highest BCUT2D eigenvalue weighted by molar-refractivity contribution is 7.16. The summed E-state index contributed by atoms with van der Waals surface area (Å²) in [5.41, 5.74) is 0.962. The summed E-state index contributed by atoms with van der Waals surface area (Å²) >= 11 is 1.42. The van der Waals surface area contributed by atoms with Crippen molar-refractivity contribution < 1.29 is 9.53 Å². The highest BCUT2D eigenvalue weighted by Crippen LogP contribution is 2.26. The van der Waals surface area contributed by atoms with Crippen LogP contribution >= 0.6 is 11.3 Å². The van der Waals surface area contributed by atoms with E-state index in [2.05, 4.69) is 15.2 Å². The second-order valence-corrected chi connectivity index (χ2v) is 8.05. The summed E-state index contributed by atoms with van der Waals surface area (Å²) in [5.74, 6) is 0.620. The lowest BCUT2D eigenvalue weighted by Crippen LogP contribution is -2.39. The molecule has 1 saturated heterocycles. The molecule has 1 amide bonds. The van der Waals surface area contributed by atoms with E-state index in [-0.39, 0.29) is 24.1 Å². The first kappa shape index (κ1) is 19.6. The van der Waals surface area contributed by atoms with Gasteiger partial charge in [0.05, 0.1) is 24.9 Å². The van der Waals surface area contributed by atoms with Gasteiger partial charge in [0.1, 0.15) is 17.1 Å². The topological polar surface area (TPSA) is 76.5 Å². The molecule has 0 saturated carbocycles. The van der Waals surface area contributed by atoms with Crippen molar-refractivity contribution in [3.8, 4) is 5.75 Å². The maximum absolute atomic E-state index is 12.6. The number of hydrogen-bond acceptors (Lipinski definition) is 6. The first-order chi connectivity index (χ1) is 14.2. The van der Waals surface area contributed by atoms with Crippen LogP contribution in [0, 0.1) is 0 Å². The maximum Gasteiger partial charge on any atom is 0.262 e. The Morgan fingerprint density at radius 1 is 1.24 bits per heavy atom. The van der Waals surface area contributed by atoms with Crippen molar-refractivity contribution >= 4 is 27.5 Å². The van der Waals surface area contributed by atoms with Crippen LogP contribution in [0.5, 0.6) is 5.75 Å². The minimum atomic E-state index is -0.193. The van der Waals surface area contributed by atoms with Gasteiger partial charge in [0.25, 0.3) is 5.56 Å². The first-order valence-electron chi connectivity index (χ1n) is 9.73. The summed E-state index contributed by atoms with van der Waals surface area (Å²) in [7, 11) is 1.65. The number of nitrogens with zero attached hydrogens (tertiary/aromatic N) is 3. The number of amides is 1.